The number of nitrogens with one attached hydrogen (secondary N) is 1. The lowest BCUT2D eigenvalue weighted by atomic mass is 10.2. The van der Waals surface area contributed by atoms with Gasteiger partial charge in [0.05, 0.1) is 8.71 Å². The molecule has 0 saturated carbocycles. The number of rotatable bonds is 4. The Labute approximate surface area is 135 Å². The molecule has 0 aliphatic rings. The second kappa shape index (κ2) is 6.21. The van der Waals surface area contributed by atoms with Gasteiger partial charge in [0.1, 0.15) is 5.69 Å². The smallest absolute Gasteiger partial charge is 0.293 e. The van der Waals surface area contributed by atoms with E-state index in [0.29, 0.717) is 17.3 Å². The van der Waals surface area contributed by atoms with Crippen LogP contribution < -0.4 is 5.32 Å². The molecule has 0 spiro atoms. The maximum Gasteiger partial charge on any atom is 0.293 e. The number of nitro benzene ring substituents is 1. The van der Waals surface area contributed by atoms with Crippen LogP contribution in [0.4, 0.5) is 11.4 Å². The van der Waals surface area contributed by atoms with Crippen LogP contribution in [-0.4, -0.2) is 4.92 Å². The number of nitro groups is 1. The van der Waals surface area contributed by atoms with Gasteiger partial charge < -0.3 is 5.32 Å². The molecule has 0 aliphatic heterocycles. The molecule has 2 aromatic rings. The van der Waals surface area contributed by atoms with Gasteiger partial charge in [-0.2, -0.15) is 0 Å². The summed E-state index contributed by atoms with van der Waals surface area (Å²) in [5, 5.41) is 14.3. The van der Waals surface area contributed by atoms with Crippen molar-refractivity contribution in [1.29, 1.82) is 0 Å². The molecule has 19 heavy (non-hydrogen) atoms. The maximum atomic E-state index is 10.9. The summed E-state index contributed by atoms with van der Waals surface area (Å²) in [6.07, 6.45) is 0. The predicted molar refractivity (Wildman–Crippen MR) is 85.2 cm³/mol. The molecule has 0 fully saturated rings. The van der Waals surface area contributed by atoms with Crippen LogP contribution in [0.25, 0.3) is 0 Å². The SMILES string of the molecule is O=[N+]([O-])c1cc(Cl)ccc1NCc1cc(Br)c(Br)s1. The first-order valence-corrected chi connectivity index (χ1v) is 7.87. The molecule has 0 bridgehead atoms. The van der Waals surface area contributed by atoms with Crippen LogP contribution in [0.5, 0.6) is 0 Å². The minimum Gasteiger partial charge on any atom is -0.375 e. The molecule has 4 nitrogen and oxygen atoms in total. The molecule has 0 aliphatic carbocycles. The fourth-order valence-corrected chi connectivity index (χ4v) is 3.75. The van der Waals surface area contributed by atoms with Gasteiger partial charge in [-0.1, -0.05) is 11.6 Å². The summed E-state index contributed by atoms with van der Waals surface area (Å²) in [6.45, 7) is 0.511. The monoisotopic (exact) mass is 424 g/mol. The number of benzene rings is 1. The second-order valence-corrected chi connectivity index (χ2v) is 7.35. The molecule has 1 N–H and O–H groups in total. The summed E-state index contributed by atoms with van der Waals surface area (Å²) in [6, 6.07) is 6.53. The molecule has 1 aromatic carbocycles. The van der Waals surface area contributed by atoms with Gasteiger partial charge in [0, 0.05) is 27.0 Å². The van der Waals surface area contributed by atoms with Gasteiger partial charge in [-0.05, 0) is 50.1 Å². The van der Waals surface area contributed by atoms with Crippen molar-refractivity contribution in [2.24, 2.45) is 0 Å². The standard InChI is InChI=1S/C11H7Br2ClN2O2S/c12-8-4-7(19-11(8)13)5-15-9-2-1-6(14)3-10(9)16(17)18/h1-4,15H,5H2. The Kier molecular flexibility index (Phi) is 4.83. The Morgan fingerprint density at radius 1 is 1.37 bits per heavy atom. The van der Waals surface area contributed by atoms with E-state index in [9.17, 15) is 10.1 Å². The Bertz CT molecular complexity index is 614. The third-order valence-corrected chi connectivity index (χ3v) is 5.80. The highest BCUT2D eigenvalue weighted by Crippen LogP contribution is 2.33. The van der Waals surface area contributed by atoms with Crippen molar-refractivity contribution in [3.8, 4) is 0 Å². The topological polar surface area (TPSA) is 55.2 Å². The second-order valence-electron chi connectivity index (χ2n) is 3.61. The Balaban J connectivity index is 2.17. The van der Waals surface area contributed by atoms with E-state index in [1.165, 1.54) is 6.07 Å². The molecule has 100 valence electrons. The number of hydrogen-bond donors (Lipinski definition) is 1. The molecule has 1 heterocycles. The van der Waals surface area contributed by atoms with Crippen LogP contribution in [-0.2, 0) is 6.54 Å². The summed E-state index contributed by atoms with van der Waals surface area (Å²) >= 11 is 14.1. The van der Waals surface area contributed by atoms with Gasteiger partial charge in [-0.3, -0.25) is 10.1 Å². The summed E-state index contributed by atoms with van der Waals surface area (Å²) < 4.78 is 1.97. The van der Waals surface area contributed by atoms with E-state index < -0.39 is 4.92 Å². The van der Waals surface area contributed by atoms with E-state index in [2.05, 4.69) is 37.2 Å². The third-order valence-electron chi connectivity index (χ3n) is 2.31. The first kappa shape index (κ1) is 14.8. The lowest BCUT2D eigenvalue weighted by Crippen LogP contribution is -2.01. The largest absolute Gasteiger partial charge is 0.375 e. The zero-order valence-electron chi connectivity index (χ0n) is 9.32. The van der Waals surface area contributed by atoms with Crippen LogP contribution >= 0.6 is 54.8 Å². The predicted octanol–water partition coefficient (Wildman–Crippen LogP) is 5.45. The van der Waals surface area contributed by atoms with Gasteiger partial charge in [0.25, 0.3) is 5.69 Å². The lowest BCUT2D eigenvalue weighted by molar-refractivity contribution is -0.383. The van der Waals surface area contributed by atoms with Crippen LogP contribution in [0.1, 0.15) is 4.88 Å². The molecule has 1 aromatic heterocycles. The van der Waals surface area contributed by atoms with Crippen LogP contribution in [0, 0.1) is 10.1 Å². The van der Waals surface area contributed by atoms with Crippen LogP contribution in [0.2, 0.25) is 5.02 Å². The Morgan fingerprint density at radius 3 is 2.68 bits per heavy atom. The normalized spacial score (nSPS) is 10.5. The number of anilines is 1. The average Bonchev–Trinajstić information content (AvgIpc) is 2.67. The van der Waals surface area contributed by atoms with Crippen molar-refractivity contribution >= 4 is 66.2 Å². The first-order valence-electron chi connectivity index (χ1n) is 5.09. The molecule has 0 atom stereocenters. The van der Waals surface area contributed by atoms with Crippen molar-refractivity contribution < 1.29 is 4.92 Å². The summed E-state index contributed by atoms with van der Waals surface area (Å²) in [7, 11) is 0. The summed E-state index contributed by atoms with van der Waals surface area (Å²) in [5.41, 5.74) is 0.428. The van der Waals surface area contributed by atoms with Crippen molar-refractivity contribution in [2.75, 3.05) is 5.32 Å². The minimum absolute atomic E-state index is 0.0258. The van der Waals surface area contributed by atoms with Crippen LogP contribution in [0.15, 0.2) is 32.5 Å². The fraction of sp³-hybridized carbons (Fsp3) is 0.0909. The number of nitrogens with zero attached hydrogens (tertiary/aromatic N) is 1. The Hall–Kier alpha value is -0.630. The van der Waals surface area contributed by atoms with E-state index >= 15 is 0 Å². The molecule has 0 radical (unpaired) electrons. The van der Waals surface area contributed by atoms with Gasteiger partial charge in [0.2, 0.25) is 0 Å². The number of hydrogen-bond acceptors (Lipinski definition) is 4. The fourth-order valence-electron chi connectivity index (χ4n) is 1.47. The number of thiophene rings is 1. The quantitative estimate of drug-likeness (QED) is 0.523. The first-order chi connectivity index (χ1) is 8.97. The highest BCUT2D eigenvalue weighted by Gasteiger charge is 2.14. The van der Waals surface area contributed by atoms with Crippen LogP contribution in [0.3, 0.4) is 0 Å². The average molecular weight is 427 g/mol. The third kappa shape index (κ3) is 3.68. The van der Waals surface area contributed by atoms with E-state index in [1.807, 2.05) is 6.07 Å². The van der Waals surface area contributed by atoms with Gasteiger partial charge in [-0.25, -0.2) is 0 Å². The van der Waals surface area contributed by atoms with Gasteiger partial charge in [0.15, 0.2) is 0 Å². The lowest BCUT2D eigenvalue weighted by Gasteiger charge is -2.05. The molecule has 8 heteroatoms. The Morgan fingerprint density at radius 2 is 2.11 bits per heavy atom. The van der Waals surface area contributed by atoms with Crippen molar-refractivity contribution in [3.05, 3.63) is 52.5 Å². The zero-order chi connectivity index (χ0) is 14.0. The molecule has 0 amide bonds. The molecule has 0 unspecified atom stereocenters. The van der Waals surface area contributed by atoms with Crippen molar-refractivity contribution in [3.63, 3.8) is 0 Å². The minimum atomic E-state index is -0.450. The summed E-state index contributed by atoms with van der Waals surface area (Å²) in [4.78, 5) is 11.5. The molecular formula is C11H7Br2ClN2O2S. The van der Waals surface area contributed by atoms with Gasteiger partial charge in [-0.15, -0.1) is 11.3 Å². The van der Waals surface area contributed by atoms with Gasteiger partial charge >= 0.3 is 0 Å². The highest BCUT2D eigenvalue weighted by molar-refractivity contribution is 9.13. The maximum absolute atomic E-state index is 10.9. The van der Waals surface area contributed by atoms with E-state index in [-0.39, 0.29) is 5.69 Å². The highest BCUT2D eigenvalue weighted by atomic mass is 79.9. The van der Waals surface area contributed by atoms with Crippen molar-refractivity contribution in [1.82, 2.24) is 0 Å². The number of halogens is 3. The van der Waals surface area contributed by atoms with Crippen molar-refractivity contribution in [2.45, 2.75) is 6.54 Å². The van der Waals surface area contributed by atoms with E-state index in [1.54, 1.807) is 23.5 Å². The molecular weight excluding hydrogens is 419 g/mol. The summed E-state index contributed by atoms with van der Waals surface area (Å²) in [5.74, 6) is 0. The molecule has 0 saturated heterocycles. The van der Waals surface area contributed by atoms with E-state index in [4.69, 9.17) is 11.6 Å². The zero-order valence-corrected chi connectivity index (χ0v) is 14.1. The van der Waals surface area contributed by atoms with E-state index in [0.717, 1.165) is 13.1 Å². The molecule has 2 rings (SSSR count).